The van der Waals surface area contributed by atoms with Crippen molar-refractivity contribution < 1.29 is 4.74 Å². The standard InChI is InChI=1S/C38H42N4O/c1-3-21-19-39-15-13-37-25-9-5-7-11-27(25)41-33(37)31(23(21)17-29(37)39)35-42-28-12-8-6-10-26(28)38-14-16-40-20-22(4-2)24(18-30(38)40)32(34(38)42)36(41)43-35/h3-12,23-24,29-36H,13-20H2,1-2H3/t23-,24+,29-,30-,31-,32?,33-,34-,35+,36+,37+,38+/m0/s1. The maximum atomic E-state index is 7.78. The molecule has 8 aliphatic heterocycles. The van der Waals surface area contributed by atoms with Gasteiger partial charge in [0.05, 0.1) is 12.1 Å². The summed E-state index contributed by atoms with van der Waals surface area (Å²) in [6.45, 7) is 9.41. The van der Waals surface area contributed by atoms with Gasteiger partial charge >= 0.3 is 0 Å². The van der Waals surface area contributed by atoms with Crippen LogP contribution in [-0.4, -0.2) is 72.6 Å². The Labute approximate surface area is 255 Å². The smallest absolute Gasteiger partial charge is 0.138 e. The lowest BCUT2D eigenvalue weighted by Crippen LogP contribution is -2.81. The Morgan fingerprint density at radius 1 is 0.674 bits per heavy atom. The first-order chi connectivity index (χ1) is 21.2. The van der Waals surface area contributed by atoms with Gasteiger partial charge in [0.25, 0.3) is 0 Å². The van der Waals surface area contributed by atoms with E-state index in [1.807, 2.05) is 0 Å². The average Bonchev–Trinajstić information content (AvgIpc) is 3.80. The minimum Gasteiger partial charge on any atom is -0.341 e. The number of fused-ring (bicyclic) bond motifs is 14. The lowest BCUT2D eigenvalue weighted by atomic mass is 9.51. The second-order valence-electron chi connectivity index (χ2n) is 15.8. The molecule has 8 fully saturated rings. The lowest BCUT2D eigenvalue weighted by Gasteiger charge is -2.69. The normalized spacial score (nSPS) is 50.7. The molecule has 2 aromatic rings. The van der Waals surface area contributed by atoms with Crippen LogP contribution in [-0.2, 0) is 15.6 Å². The molecule has 12 atom stereocenters. The van der Waals surface area contributed by atoms with Gasteiger partial charge in [-0.05, 0) is 87.7 Å². The third kappa shape index (κ3) is 2.28. The molecule has 2 aromatic carbocycles. The molecule has 43 heavy (non-hydrogen) atoms. The van der Waals surface area contributed by atoms with Crippen LogP contribution < -0.4 is 9.80 Å². The minimum absolute atomic E-state index is 0.147. The third-order valence-electron chi connectivity index (χ3n) is 15.3. The van der Waals surface area contributed by atoms with E-state index in [0.717, 1.165) is 13.1 Å². The number of hydrogen-bond acceptors (Lipinski definition) is 5. The Morgan fingerprint density at radius 3 is 1.60 bits per heavy atom. The molecule has 2 aliphatic carbocycles. The molecule has 8 heterocycles. The summed E-state index contributed by atoms with van der Waals surface area (Å²) < 4.78 is 7.78. The number of hydrogen-bond donors (Lipinski definition) is 0. The van der Waals surface area contributed by atoms with E-state index in [2.05, 4.69) is 94.1 Å². The van der Waals surface area contributed by atoms with Crippen LogP contribution in [0.2, 0.25) is 0 Å². The maximum Gasteiger partial charge on any atom is 0.138 e. The highest BCUT2D eigenvalue weighted by Crippen LogP contribution is 2.72. The topological polar surface area (TPSA) is 22.2 Å². The van der Waals surface area contributed by atoms with E-state index in [1.54, 1.807) is 22.3 Å². The maximum absolute atomic E-state index is 7.78. The molecular weight excluding hydrogens is 528 g/mol. The van der Waals surface area contributed by atoms with Crippen LogP contribution in [0.5, 0.6) is 0 Å². The Bertz CT molecular complexity index is 1560. The summed E-state index contributed by atoms with van der Waals surface area (Å²) in [7, 11) is 0. The van der Waals surface area contributed by atoms with E-state index < -0.39 is 0 Å². The molecule has 6 saturated heterocycles. The van der Waals surface area contributed by atoms with Crippen LogP contribution in [0.15, 0.2) is 71.8 Å². The average molecular weight is 571 g/mol. The fourth-order valence-corrected chi connectivity index (χ4v) is 14.2. The lowest BCUT2D eigenvalue weighted by molar-refractivity contribution is -0.198. The van der Waals surface area contributed by atoms with Crippen molar-refractivity contribution in [3.63, 3.8) is 0 Å². The monoisotopic (exact) mass is 570 g/mol. The van der Waals surface area contributed by atoms with Gasteiger partial charge in [0.2, 0.25) is 0 Å². The summed E-state index contributed by atoms with van der Waals surface area (Å²) in [4.78, 5) is 11.7. The van der Waals surface area contributed by atoms with Crippen molar-refractivity contribution >= 4 is 11.4 Å². The summed E-state index contributed by atoms with van der Waals surface area (Å²) in [6, 6.07) is 21.7. The molecule has 10 aliphatic rings. The van der Waals surface area contributed by atoms with Crippen molar-refractivity contribution in [3.05, 3.63) is 83.0 Å². The van der Waals surface area contributed by atoms with Crippen LogP contribution in [0.25, 0.3) is 0 Å². The molecule has 0 radical (unpaired) electrons. The number of piperidine rings is 2. The van der Waals surface area contributed by atoms with E-state index in [-0.39, 0.29) is 23.3 Å². The van der Waals surface area contributed by atoms with Crippen molar-refractivity contribution in [1.29, 1.82) is 0 Å². The zero-order valence-corrected chi connectivity index (χ0v) is 25.4. The Morgan fingerprint density at radius 2 is 1.14 bits per heavy atom. The van der Waals surface area contributed by atoms with Crippen molar-refractivity contribution in [2.24, 2.45) is 23.7 Å². The molecule has 0 aromatic heterocycles. The molecule has 0 N–H and O–H groups in total. The van der Waals surface area contributed by atoms with Crippen LogP contribution in [0.3, 0.4) is 0 Å². The number of para-hydroxylation sites is 2. The summed E-state index contributed by atoms with van der Waals surface area (Å²) >= 11 is 0. The highest BCUT2D eigenvalue weighted by molar-refractivity contribution is 5.73. The highest BCUT2D eigenvalue weighted by atomic mass is 16.5. The van der Waals surface area contributed by atoms with E-state index in [9.17, 15) is 0 Å². The van der Waals surface area contributed by atoms with Crippen molar-refractivity contribution in [2.45, 2.75) is 87.0 Å². The van der Waals surface area contributed by atoms with Crippen LogP contribution in [0.4, 0.5) is 11.4 Å². The molecule has 5 nitrogen and oxygen atoms in total. The van der Waals surface area contributed by atoms with Gasteiger partial charge in [-0.1, -0.05) is 59.7 Å². The summed E-state index contributed by atoms with van der Waals surface area (Å²) in [5, 5.41) is 0. The number of rotatable bonds is 0. The second kappa shape index (κ2) is 7.43. The molecular formula is C38H42N4O. The zero-order valence-electron chi connectivity index (χ0n) is 25.4. The highest BCUT2D eigenvalue weighted by Gasteiger charge is 2.78. The predicted octanol–water partition coefficient (Wildman–Crippen LogP) is 5.28. The summed E-state index contributed by atoms with van der Waals surface area (Å²) in [6.07, 6.45) is 10.5. The molecule has 2 spiro atoms. The number of nitrogens with zero attached hydrogens (tertiary/aromatic N) is 4. The molecule has 12 rings (SSSR count). The van der Waals surface area contributed by atoms with Gasteiger partial charge in [-0.3, -0.25) is 9.80 Å². The molecule has 220 valence electrons. The van der Waals surface area contributed by atoms with Crippen molar-refractivity contribution in [1.82, 2.24) is 9.80 Å². The third-order valence-corrected chi connectivity index (χ3v) is 15.3. The Hall–Kier alpha value is -2.60. The zero-order chi connectivity index (χ0) is 28.0. The van der Waals surface area contributed by atoms with Crippen LogP contribution in [0, 0.1) is 23.7 Å². The van der Waals surface area contributed by atoms with E-state index in [0.29, 0.717) is 47.8 Å². The SMILES string of the molecule is CC=C1CN2CC[C@@]34c5ccccc5N5[C@@H]6O[C@H](C([C@@H]1C[C@H]23)[C@H]54)N1c2ccccc2[C@]23CCN4CC(=CC)[C@H](C[C@H]42)[C@H]6[C@H]13. The quantitative estimate of drug-likeness (QED) is 0.401. The Kier molecular flexibility index (Phi) is 4.10. The predicted molar refractivity (Wildman–Crippen MR) is 168 cm³/mol. The minimum atomic E-state index is 0.147. The molecule has 0 amide bonds. The summed E-state index contributed by atoms with van der Waals surface area (Å²) in [5.74, 6) is 2.16. The number of allylic oxidation sites excluding steroid dienone is 2. The van der Waals surface area contributed by atoms with Gasteiger partial charge in [0, 0.05) is 59.2 Å². The first kappa shape index (κ1) is 23.7. The van der Waals surface area contributed by atoms with Crippen LogP contribution >= 0.6 is 0 Å². The number of benzene rings is 2. The molecule has 1 unspecified atom stereocenters. The largest absolute Gasteiger partial charge is 0.341 e. The first-order valence-electron chi connectivity index (χ1n) is 17.4. The van der Waals surface area contributed by atoms with Crippen LogP contribution in [0.1, 0.15) is 50.7 Å². The van der Waals surface area contributed by atoms with Gasteiger partial charge < -0.3 is 14.5 Å². The fourth-order valence-electron chi connectivity index (χ4n) is 14.2. The van der Waals surface area contributed by atoms with Gasteiger partial charge in [0.15, 0.2) is 0 Å². The van der Waals surface area contributed by atoms with E-state index >= 15 is 0 Å². The van der Waals surface area contributed by atoms with Gasteiger partial charge in [-0.25, -0.2) is 0 Å². The summed E-state index contributed by atoms with van der Waals surface area (Å²) in [5.41, 5.74) is 10.2. The molecule has 2 saturated carbocycles. The van der Waals surface area contributed by atoms with Crippen molar-refractivity contribution in [2.75, 3.05) is 36.0 Å². The number of anilines is 2. The fraction of sp³-hybridized carbons (Fsp3) is 0.579. The van der Waals surface area contributed by atoms with E-state index in [4.69, 9.17) is 4.74 Å². The number of ether oxygens (including phenoxy) is 1. The second-order valence-corrected chi connectivity index (χ2v) is 15.8. The van der Waals surface area contributed by atoms with Gasteiger partial charge in [0.1, 0.15) is 12.5 Å². The van der Waals surface area contributed by atoms with Crippen molar-refractivity contribution in [3.8, 4) is 0 Å². The molecule has 6 bridgehead atoms. The first-order valence-corrected chi connectivity index (χ1v) is 17.4. The molecule has 5 heteroatoms. The Balaban J connectivity index is 1.16. The van der Waals surface area contributed by atoms with E-state index in [1.165, 1.54) is 50.1 Å². The van der Waals surface area contributed by atoms with Gasteiger partial charge in [-0.2, -0.15) is 0 Å². The van der Waals surface area contributed by atoms with Gasteiger partial charge in [-0.15, -0.1) is 0 Å².